The zero-order valence-electron chi connectivity index (χ0n) is 11.0. The number of carbonyl (C=O) groups is 1. The molecule has 0 saturated heterocycles. The molecule has 1 aliphatic heterocycles. The van der Waals surface area contributed by atoms with E-state index in [0.29, 0.717) is 11.8 Å². The molecule has 1 heterocycles. The van der Waals surface area contributed by atoms with E-state index in [1.54, 1.807) is 7.11 Å². The van der Waals surface area contributed by atoms with Gasteiger partial charge in [0.15, 0.2) is 0 Å². The van der Waals surface area contributed by atoms with Gasteiger partial charge in [0.2, 0.25) is 5.91 Å². The number of rotatable bonds is 2. The van der Waals surface area contributed by atoms with Gasteiger partial charge in [-0.2, -0.15) is 0 Å². The first kappa shape index (κ1) is 11.6. The predicted octanol–water partition coefficient (Wildman–Crippen LogP) is 2.69. The van der Waals surface area contributed by atoms with E-state index in [2.05, 4.69) is 12.1 Å². The van der Waals surface area contributed by atoms with E-state index in [4.69, 9.17) is 4.74 Å². The fourth-order valence-corrected chi connectivity index (χ4v) is 2.71. The molecule has 0 bridgehead atoms. The van der Waals surface area contributed by atoms with Crippen molar-refractivity contribution in [2.75, 3.05) is 18.6 Å². The molecule has 0 aromatic heterocycles. The second-order valence-corrected chi connectivity index (χ2v) is 5.32. The Morgan fingerprint density at radius 2 is 2.17 bits per heavy atom. The number of hydrogen-bond acceptors (Lipinski definition) is 2. The van der Waals surface area contributed by atoms with Crippen molar-refractivity contribution in [2.24, 2.45) is 5.92 Å². The Kier molecular flexibility index (Phi) is 2.77. The number of nitrogens with zero attached hydrogens (tertiary/aromatic N) is 1. The summed E-state index contributed by atoms with van der Waals surface area (Å²) >= 11 is 0. The minimum atomic E-state index is 0.290. The smallest absolute Gasteiger partial charge is 0.230 e. The summed E-state index contributed by atoms with van der Waals surface area (Å²) in [7, 11) is 1.70. The van der Waals surface area contributed by atoms with Gasteiger partial charge in [-0.25, -0.2) is 0 Å². The topological polar surface area (TPSA) is 29.5 Å². The van der Waals surface area contributed by atoms with Crippen LogP contribution in [-0.4, -0.2) is 19.6 Å². The normalized spacial score (nSPS) is 18.4. The van der Waals surface area contributed by atoms with Gasteiger partial charge in [-0.05, 0) is 55.9 Å². The zero-order valence-corrected chi connectivity index (χ0v) is 11.0. The number of amides is 1. The molecule has 1 aromatic carbocycles. The number of benzene rings is 1. The lowest BCUT2D eigenvalue weighted by Gasteiger charge is -2.30. The molecule has 96 valence electrons. The molecule has 3 rings (SSSR count). The van der Waals surface area contributed by atoms with E-state index in [1.165, 1.54) is 5.56 Å². The standard InChI is InChI=1S/C15H19NO2/c1-10-8-13-12(9-14(10)18-2)4-3-7-16(13)15(17)11-5-6-11/h8-9,11H,3-7H2,1-2H3. The van der Waals surface area contributed by atoms with Gasteiger partial charge in [0.1, 0.15) is 5.75 Å². The summed E-state index contributed by atoms with van der Waals surface area (Å²) in [6, 6.07) is 4.20. The summed E-state index contributed by atoms with van der Waals surface area (Å²) in [5.41, 5.74) is 3.46. The first-order chi connectivity index (χ1) is 8.70. The highest BCUT2D eigenvalue weighted by atomic mass is 16.5. The van der Waals surface area contributed by atoms with Crippen LogP contribution in [0.25, 0.3) is 0 Å². The maximum atomic E-state index is 12.3. The van der Waals surface area contributed by atoms with Crippen molar-refractivity contribution < 1.29 is 9.53 Å². The van der Waals surface area contributed by atoms with Crippen LogP contribution in [0.3, 0.4) is 0 Å². The van der Waals surface area contributed by atoms with Crippen LogP contribution in [-0.2, 0) is 11.2 Å². The number of fused-ring (bicyclic) bond motifs is 1. The van der Waals surface area contributed by atoms with Crippen molar-refractivity contribution >= 4 is 11.6 Å². The summed E-state index contributed by atoms with van der Waals surface area (Å²) in [4.78, 5) is 14.3. The maximum absolute atomic E-state index is 12.3. The number of aryl methyl sites for hydroxylation is 2. The van der Waals surface area contributed by atoms with E-state index in [0.717, 1.165) is 49.2 Å². The third kappa shape index (κ3) is 1.88. The summed E-state index contributed by atoms with van der Waals surface area (Å²) < 4.78 is 5.36. The lowest BCUT2D eigenvalue weighted by molar-refractivity contribution is -0.119. The Morgan fingerprint density at radius 3 is 2.83 bits per heavy atom. The number of anilines is 1. The van der Waals surface area contributed by atoms with Crippen LogP contribution in [0, 0.1) is 12.8 Å². The van der Waals surface area contributed by atoms with Crippen LogP contribution in [0.5, 0.6) is 5.75 Å². The molecule has 0 radical (unpaired) electrons. The fraction of sp³-hybridized carbons (Fsp3) is 0.533. The van der Waals surface area contributed by atoms with Crippen LogP contribution >= 0.6 is 0 Å². The molecule has 1 aromatic rings. The van der Waals surface area contributed by atoms with Crippen molar-refractivity contribution in [3.8, 4) is 5.75 Å². The zero-order chi connectivity index (χ0) is 12.7. The lowest BCUT2D eigenvalue weighted by Crippen LogP contribution is -2.36. The van der Waals surface area contributed by atoms with E-state index < -0.39 is 0 Å². The maximum Gasteiger partial charge on any atom is 0.230 e. The largest absolute Gasteiger partial charge is 0.496 e. The Morgan fingerprint density at radius 1 is 1.39 bits per heavy atom. The molecule has 1 aliphatic carbocycles. The number of ether oxygens (including phenoxy) is 1. The van der Waals surface area contributed by atoms with Crippen LogP contribution in [0.2, 0.25) is 0 Å². The first-order valence-corrected chi connectivity index (χ1v) is 6.69. The van der Waals surface area contributed by atoms with E-state index in [1.807, 2.05) is 11.8 Å². The van der Waals surface area contributed by atoms with Crippen molar-refractivity contribution in [1.29, 1.82) is 0 Å². The SMILES string of the molecule is COc1cc2c(cc1C)N(C(=O)C1CC1)CCC2. The van der Waals surface area contributed by atoms with Gasteiger partial charge < -0.3 is 9.64 Å². The summed E-state index contributed by atoms with van der Waals surface area (Å²) in [5, 5.41) is 0. The predicted molar refractivity (Wildman–Crippen MR) is 71.1 cm³/mol. The third-order valence-electron chi connectivity index (χ3n) is 3.91. The van der Waals surface area contributed by atoms with Crippen molar-refractivity contribution in [3.63, 3.8) is 0 Å². The summed E-state index contributed by atoms with van der Waals surface area (Å²) in [5.74, 6) is 1.54. The third-order valence-corrected chi connectivity index (χ3v) is 3.91. The van der Waals surface area contributed by atoms with Gasteiger partial charge >= 0.3 is 0 Å². The van der Waals surface area contributed by atoms with Gasteiger partial charge in [0.25, 0.3) is 0 Å². The average Bonchev–Trinajstić information content (AvgIpc) is 3.20. The Balaban J connectivity index is 1.99. The Bertz CT molecular complexity index is 492. The molecule has 1 amide bonds. The molecule has 3 nitrogen and oxygen atoms in total. The molecule has 1 fully saturated rings. The summed E-state index contributed by atoms with van der Waals surface area (Å²) in [6.45, 7) is 2.90. The van der Waals surface area contributed by atoms with Gasteiger partial charge in [-0.3, -0.25) is 4.79 Å². The van der Waals surface area contributed by atoms with Crippen LogP contribution < -0.4 is 9.64 Å². The van der Waals surface area contributed by atoms with Crippen molar-refractivity contribution in [3.05, 3.63) is 23.3 Å². The van der Waals surface area contributed by atoms with Crippen LogP contribution in [0.4, 0.5) is 5.69 Å². The highest BCUT2D eigenvalue weighted by molar-refractivity contribution is 5.97. The number of carbonyl (C=O) groups excluding carboxylic acids is 1. The molecular weight excluding hydrogens is 226 g/mol. The second-order valence-electron chi connectivity index (χ2n) is 5.32. The number of methoxy groups -OCH3 is 1. The van der Waals surface area contributed by atoms with Gasteiger partial charge in [-0.1, -0.05) is 0 Å². The molecule has 1 saturated carbocycles. The molecule has 18 heavy (non-hydrogen) atoms. The van der Waals surface area contributed by atoms with Crippen molar-refractivity contribution in [2.45, 2.75) is 32.6 Å². The molecule has 0 spiro atoms. The van der Waals surface area contributed by atoms with Gasteiger partial charge in [-0.15, -0.1) is 0 Å². The highest BCUT2D eigenvalue weighted by Gasteiger charge is 2.35. The molecule has 2 aliphatic rings. The highest BCUT2D eigenvalue weighted by Crippen LogP contribution is 2.38. The lowest BCUT2D eigenvalue weighted by atomic mass is 9.98. The molecule has 0 unspecified atom stereocenters. The van der Waals surface area contributed by atoms with Gasteiger partial charge in [0.05, 0.1) is 7.11 Å². The Hall–Kier alpha value is -1.51. The second kappa shape index (κ2) is 4.30. The van der Waals surface area contributed by atoms with E-state index in [9.17, 15) is 4.79 Å². The quantitative estimate of drug-likeness (QED) is 0.801. The minimum absolute atomic E-state index is 0.290. The average molecular weight is 245 g/mol. The van der Waals surface area contributed by atoms with E-state index >= 15 is 0 Å². The van der Waals surface area contributed by atoms with Gasteiger partial charge in [0, 0.05) is 18.2 Å². The monoisotopic (exact) mass is 245 g/mol. The van der Waals surface area contributed by atoms with Crippen LogP contribution in [0.15, 0.2) is 12.1 Å². The molecule has 0 N–H and O–H groups in total. The molecular formula is C15H19NO2. The Labute approximate surface area is 108 Å². The molecule has 3 heteroatoms. The first-order valence-electron chi connectivity index (χ1n) is 6.69. The van der Waals surface area contributed by atoms with Crippen molar-refractivity contribution in [1.82, 2.24) is 0 Å². The van der Waals surface area contributed by atoms with Crippen LogP contribution in [0.1, 0.15) is 30.4 Å². The number of hydrogen-bond donors (Lipinski definition) is 0. The fourth-order valence-electron chi connectivity index (χ4n) is 2.71. The minimum Gasteiger partial charge on any atom is -0.496 e. The summed E-state index contributed by atoms with van der Waals surface area (Å²) in [6.07, 6.45) is 4.23. The molecule has 0 atom stereocenters. The van der Waals surface area contributed by atoms with E-state index in [-0.39, 0.29) is 0 Å².